The highest BCUT2D eigenvalue weighted by atomic mass is 35.5. The molecule has 5 rings (SSSR count). The number of halogens is 1. The second-order valence-corrected chi connectivity index (χ2v) is 9.49. The van der Waals surface area contributed by atoms with E-state index in [0.29, 0.717) is 22.1 Å². The Morgan fingerprint density at radius 3 is 2.41 bits per heavy atom. The van der Waals surface area contributed by atoms with Gasteiger partial charge in [-0.05, 0) is 35.7 Å². The van der Waals surface area contributed by atoms with Gasteiger partial charge in [-0.15, -0.1) is 11.3 Å². The summed E-state index contributed by atoms with van der Waals surface area (Å²) in [4.78, 5) is 19.2. The summed E-state index contributed by atoms with van der Waals surface area (Å²) in [6.07, 6.45) is 0. The van der Waals surface area contributed by atoms with Crippen LogP contribution < -0.4 is 11.1 Å². The zero-order chi connectivity index (χ0) is 23.7. The first kappa shape index (κ1) is 22.1. The molecule has 2 heterocycles. The van der Waals surface area contributed by atoms with E-state index in [0.717, 1.165) is 38.2 Å². The van der Waals surface area contributed by atoms with Crippen molar-refractivity contribution >= 4 is 44.7 Å². The van der Waals surface area contributed by atoms with E-state index < -0.39 is 0 Å². The highest BCUT2D eigenvalue weighted by Gasteiger charge is 2.21. The van der Waals surface area contributed by atoms with Crippen molar-refractivity contribution in [2.24, 2.45) is 0 Å². The van der Waals surface area contributed by atoms with Gasteiger partial charge in [-0.1, -0.05) is 90.0 Å². The fourth-order valence-corrected chi connectivity index (χ4v) is 5.14. The molecule has 3 N–H and O–H groups in total. The minimum Gasteiger partial charge on any atom is -0.397 e. The van der Waals surface area contributed by atoms with Crippen LogP contribution in [0.3, 0.4) is 0 Å². The predicted octanol–water partition coefficient (Wildman–Crippen LogP) is 7.10. The highest BCUT2D eigenvalue weighted by molar-refractivity contribution is 7.21. The van der Waals surface area contributed by atoms with Crippen LogP contribution in [0, 0.1) is 6.92 Å². The Balaban J connectivity index is 1.60. The molecule has 0 atom stereocenters. The van der Waals surface area contributed by atoms with Crippen molar-refractivity contribution in [1.29, 1.82) is 0 Å². The molecular formula is C28H22ClN3OS. The standard InChI is InChI=1S/C28H22ClN3OS/c1-17-11-13-18(14-12-17)21-15-23(19-7-3-2-4-8-19)32-28-24(21)25(30)26(34-28)27(33)31-16-20-9-5-6-10-22(20)29/h2-15H,16,30H2,1H3,(H,31,33). The molecule has 0 aliphatic heterocycles. The van der Waals surface area contributed by atoms with E-state index in [9.17, 15) is 4.79 Å². The molecule has 0 aliphatic rings. The maximum Gasteiger partial charge on any atom is 0.263 e. The number of rotatable bonds is 5. The molecule has 1 amide bonds. The quantitative estimate of drug-likeness (QED) is 0.280. The van der Waals surface area contributed by atoms with Crippen LogP contribution in [0.5, 0.6) is 0 Å². The molecule has 0 spiro atoms. The van der Waals surface area contributed by atoms with Gasteiger partial charge in [0.1, 0.15) is 9.71 Å². The zero-order valence-electron chi connectivity index (χ0n) is 18.5. The monoisotopic (exact) mass is 483 g/mol. The van der Waals surface area contributed by atoms with E-state index in [2.05, 4.69) is 42.6 Å². The van der Waals surface area contributed by atoms with Crippen molar-refractivity contribution in [2.75, 3.05) is 5.73 Å². The molecule has 3 aromatic carbocycles. The molecular weight excluding hydrogens is 462 g/mol. The number of nitrogens with two attached hydrogens (primary N) is 1. The van der Waals surface area contributed by atoms with Crippen LogP contribution in [0.1, 0.15) is 20.8 Å². The van der Waals surface area contributed by atoms with Crippen molar-refractivity contribution in [3.8, 4) is 22.4 Å². The number of aryl methyl sites for hydroxylation is 1. The number of carbonyl (C=O) groups is 1. The molecule has 4 nitrogen and oxygen atoms in total. The molecule has 0 saturated carbocycles. The number of pyridine rings is 1. The number of carbonyl (C=O) groups excluding carboxylic acids is 1. The lowest BCUT2D eigenvalue weighted by molar-refractivity contribution is 0.0956. The maximum absolute atomic E-state index is 13.1. The number of fused-ring (bicyclic) bond motifs is 1. The van der Waals surface area contributed by atoms with E-state index in [4.69, 9.17) is 22.3 Å². The first-order valence-corrected chi connectivity index (χ1v) is 12.1. The van der Waals surface area contributed by atoms with Crippen LogP contribution in [-0.4, -0.2) is 10.9 Å². The number of anilines is 1. The van der Waals surface area contributed by atoms with Gasteiger partial charge in [0.25, 0.3) is 5.91 Å². The number of thiophene rings is 1. The first-order valence-electron chi connectivity index (χ1n) is 10.9. The summed E-state index contributed by atoms with van der Waals surface area (Å²) in [6, 6.07) is 27.8. The minimum absolute atomic E-state index is 0.239. The third-order valence-electron chi connectivity index (χ3n) is 5.73. The topological polar surface area (TPSA) is 68.0 Å². The average molecular weight is 484 g/mol. The van der Waals surface area contributed by atoms with Gasteiger partial charge >= 0.3 is 0 Å². The van der Waals surface area contributed by atoms with Crippen LogP contribution in [0.15, 0.2) is 84.9 Å². The van der Waals surface area contributed by atoms with Crippen LogP contribution in [0.25, 0.3) is 32.6 Å². The Morgan fingerprint density at radius 1 is 0.971 bits per heavy atom. The third kappa shape index (κ3) is 4.28. The van der Waals surface area contributed by atoms with Gasteiger partial charge in [0, 0.05) is 22.5 Å². The van der Waals surface area contributed by atoms with Gasteiger partial charge in [-0.2, -0.15) is 0 Å². The largest absolute Gasteiger partial charge is 0.397 e. The number of nitrogens with zero attached hydrogens (tertiary/aromatic N) is 1. The van der Waals surface area contributed by atoms with Gasteiger partial charge in [-0.3, -0.25) is 4.79 Å². The third-order valence-corrected chi connectivity index (χ3v) is 7.20. The lowest BCUT2D eigenvalue weighted by atomic mass is 9.99. The van der Waals surface area contributed by atoms with Crippen molar-refractivity contribution < 1.29 is 4.79 Å². The van der Waals surface area contributed by atoms with Gasteiger partial charge in [0.15, 0.2) is 0 Å². The number of benzene rings is 3. The molecule has 168 valence electrons. The molecule has 0 fully saturated rings. The number of nitrogen functional groups attached to an aromatic ring is 1. The Labute approximate surface area is 207 Å². The van der Waals surface area contributed by atoms with Gasteiger partial charge in [0.05, 0.1) is 11.4 Å². The van der Waals surface area contributed by atoms with Crippen molar-refractivity contribution in [3.05, 3.63) is 106 Å². The van der Waals surface area contributed by atoms with Crippen molar-refractivity contribution in [3.63, 3.8) is 0 Å². The Bertz CT molecular complexity index is 1490. The highest BCUT2D eigenvalue weighted by Crippen LogP contribution is 2.41. The lowest BCUT2D eigenvalue weighted by Gasteiger charge is -2.09. The number of hydrogen-bond donors (Lipinski definition) is 2. The van der Waals surface area contributed by atoms with Crippen LogP contribution in [0.4, 0.5) is 5.69 Å². The molecule has 0 unspecified atom stereocenters. The summed E-state index contributed by atoms with van der Waals surface area (Å²) in [7, 11) is 0. The van der Waals surface area contributed by atoms with E-state index >= 15 is 0 Å². The van der Waals surface area contributed by atoms with Gasteiger partial charge in [-0.25, -0.2) is 4.98 Å². The van der Waals surface area contributed by atoms with E-state index in [1.165, 1.54) is 16.9 Å². The summed E-state index contributed by atoms with van der Waals surface area (Å²) in [6.45, 7) is 2.38. The normalized spacial score (nSPS) is 11.0. The zero-order valence-corrected chi connectivity index (χ0v) is 20.1. The molecule has 2 aromatic heterocycles. The first-order chi connectivity index (χ1) is 16.5. The molecule has 6 heteroatoms. The smallest absolute Gasteiger partial charge is 0.263 e. The molecule has 5 aromatic rings. The molecule has 34 heavy (non-hydrogen) atoms. The van der Waals surface area contributed by atoms with Crippen molar-refractivity contribution in [1.82, 2.24) is 10.3 Å². The summed E-state index contributed by atoms with van der Waals surface area (Å²) in [5.74, 6) is -0.239. The number of aromatic nitrogens is 1. The summed E-state index contributed by atoms with van der Waals surface area (Å²) in [5.41, 5.74) is 12.9. The summed E-state index contributed by atoms with van der Waals surface area (Å²) >= 11 is 7.55. The van der Waals surface area contributed by atoms with Crippen LogP contribution in [-0.2, 0) is 6.54 Å². The molecule has 0 radical (unpaired) electrons. The molecule has 0 saturated heterocycles. The summed E-state index contributed by atoms with van der Waals surface area (Å²) in [5, 5.41) is 4.37. The fourth-order valence-electron chi connectivity index (χ4n) is 3.90. The second kappa shape index (κ2) is 9.29. The second-order valence-electron chi connectivity index (χ2n) is 8.09. The SMILES string of the molecule is Cc1ccc(-c2cc(-c3ccccc3)nc3sc(C(=O)NCc4ccccc4Cl)c(N)c23)cc1. The van der Waals surface area contributed by atoms with E-state index in [1.807, 2.05) is 48.5 Å². The Hall–Kier alpha value is -3.67. The van der Waals surface area contributed by atoms with Crippen LogP contribution in [0.2, 0.25) is 5.02 Å². The maximum atomic E-state index is 13.1. The number of hydrogen-bond acceptors (Lipinski definition) is 4. The lowest BCUT2D eigenvalue weighted by Crippen LogP contribution is -2.22. The van der Waals surface area contributed by atoms with E-state index in [1.54, 1.807) is 6.07 Å². The fraction of sp³-hybridized carbons (Fsp3) is 0.0714. The number of nitrogens with one attached hydrogen (secondary N) is 1. The molecule has 0 aliphatic carbocycles. The van der Waals surface area contributed by atoms with E-state index in [-0.39, 0.29) is 5.91 Å². The van der Waals surface area contributed by atoms with Gasteiger partial charge in [0.2, 0.25) is 0 Å². The molecule has 0 bridgehead atoms. The summed E-state index contributed by atoms with van der Waals surface area (Å²) < 4.78 is 0. The average Bonchev–Trinajstić information content (AvgIpc) is 3.20. The number of amides is 1. The minimum atomic E-state index is -0.239. The predicted molar refractivity (Wildman–Crippen MR) is 142 cm³/mol. The van der Waals surface area contributed by atoms with Gasteiger partial charge < -0.3 is 11.1 Å². The Morgan fingerprint density at radius 2 is 1.68 bits per heavy atom. The van der Waals surface area contributed by atoms with Crippen LogP contribution >= 0.6 is 22.9 Å². The Kier molecular flexibility index (Phi) is 6.05. The van der Waals surface area contributed by atoms with Crippen molar-refractivity contribution in [2.45, 2.75) is 13.5 Å².